The topological polar surface area (TPSA) is 58.9 Å². The lowest BCUT2D eigenvalue weighted by Crippen LogP contribution is -2.24. The fraction of sp³-hybridized carbons (Fsp3) is 0.625. The number of fused-ring (bicyclic) bond motifs is 1. The normalized spacial score (nSPS) is 26.9. The molecule has 1 aromatic carbocycles. The molecule has 0 spiro atoms. The van der Waals surface area contributed by atoms with Gasteiger partial charge in [0.05, 0.1) is 12.7 Å². The molecule has 0 amide bonds. The van der Waals surface area contributed by atoms with Gasteiger partial charge in [-0.05, 0) is 37.0 Å². The monoisotopic (exact) mass is 278 g/mol. The van der Waals surface area contributed by atoms with Crippen LogP contribution < -0.4 is 4.74 Å². The summed E-state index contributed by atoms with van der Waals surface area (Å²) in [5.74, 6) is 1.42. The molecule has 1 saturated carbocycles. The SMILES string of the molecule is Oc1ccc2c(c1)[C@H](O)[C@@H](OCC1CCCC1)CCO2. The van der Waals surface area contributed by atoms with Crippen LogP contribution in [0.25, 0.3) is 0 Å². The number of aromatic hydroxyl groups is 1. The van der Waals surface area contributed by atoms with Crippen molar-refractivity contribution in [1.29, 1.82) is 0 Å². The largest absolute Gasteiger partial charge is 0.508 e. The van der Waals surface area contributed by atoms with E-state index in [9.17, 15) is 10.2 Å². The Hall–Kier alpha value is -1.26. The molecule has 3 rings (SSSR count). The molecule has 1 aliphatic heterocycles. The van der Waals surface area contributed by atoms with E-state index in [0.717, 1.165) is 6.61 Å². The Bertz CT molecular complexity index is 454. The molecular formula is C16H22O4. The van der Waals surface area contributed by atoms with Gasteiger partial charge in [-0.3, -0.25) is 0 Å². The maximum Gasteiger partial charge on any atom is 0.125 e. The summed E-state index contributed by atoms with van der Waals surface area (Å²) in [6.07, 6.45) is 4.73. The second-order valence-electron chi connectivity index (χ2n) is 5.83. The predicted octanol–water partition coefficient (Wildman–Crippen LogP) is 2.78. The molecule has 4 heteroatoms. The molecule has 1 heterocycles. The molecule has 0 saturated heterocycles. The minimum Gasteiger partial charge on any atom is -0.508 e. The van der Waals surface area contributed by atoms with E-state index in [4.69, 9.17) is 9.47 Å². The van der Waals surface area contributed by atoms with E-state index < -0.39 is 6.10 Å². The van der Waals surface area contributed by atoms with E-state index in [0.29, 0.717) is 30.3 Å². The summed E-state index contributed by atoms with van der Waals surface area (Å²) in [6.45, 7) is 1.25. The van der Waals surface area contributed by atoms with Gasteiger partial charge in [0.15, 0.2) is 0 Å². The molecule has 1 aliphatic carbocycles. The van der Waals surface area contributed by atoms with Crippen LogP contribution in [-0.4, -0.2) is 29.5 Å². The van der Waals surface area contributed by atoms with Crippen LogP contribution in [0.3, 0.4) is 0 Å². The smallest absolute Gasteiger partial charge is 0.125 e. The van der Waals surface area contributed by atoms with Gasteiger partial charge < -0.3 is 19.7 Å². The zero-order valence-corrected chi connectivity index (χ0v) is 11.6. The molecule has 20 heavy (non-hydrogen) atoms. The summed E-state index contributed by atoms with van der Waals surface area (Å²) < 4.78 is 11.6. The molecule has 0 unspecified atom stereocenters. The van der Waals surface area contributed by atoms with E-state index >= 15 is 0 Å². The van der Waals surface area contributed by atoms with Crippen LogP contribution in [0.2, 0.25) is 0 Å². The number of phenolic OH excluding ortho intramolecular Hbond substituents is 1. The fourth-order valence-corrected chi connectivity index (χ4v) is 3.15. The summed E-state index contributed by atoms with van der Waals surface area (Å²) in [5.41, 5.74) is 0.624. The molecule has 2 N–H and O–H groups in total. The van der Waals surface area contributed by atoms with Crippen molar-refractivity contribution in [3.05, 3.63) is 23.8 Å². The van der Waals surface area contributed by atoms with Crippen LogP contribution in [-0.2, 0) is 4.74 Å². The van der Waals surface area contributed by atoms with Gasteiger partial charge in [0.2, 0.25) is 0 Å². The summed E-state index contributed by atoms with van der Waals surface area (Å²) >= 11 is 0. The Morgan fingerprint density at radius 1 is 1.20 bits per heavy atom. The van der Waals surface area contributed by atoms with Crippen molar-refractivity contribution < 1.29 is 19.7 Å². The van der Waals surface area contributed by atoms with Gasteiger partial charge in [-0.2, -0.15) is 0 Å². The van der Waals surface area contributed by atoms with E-state index in [-0.39, 0.29) is 11.9 Å². The summed E-state index contributed by atoms with van der Waals surface area (Å²) in [4.78, 5) is 0. The highest BCUT2D eigenvalue weighted by atomic mass is 16.5. The molecule has 2 aliphatic rings. The van der Waals surface area contributed by atoms with E-state index in [2.05, 4.69) is 0 Å². The zero-order valence-electron chi connectivity index (χ0n) is 11.6. The minimum absolute atomic E-state index is 0.142. The van der Waals surface area contributed by atoms with Crippen LogP contribution >= 0.6 is 0 Å². The highest BCUT2D eigenvalue weighted by Gasteiger charge is 2.29. The fourth-order valence-electron chi connectivity index (χ4n) is 3.15. The molecule has 0 radical (unpaired) electrons. The summed E-state index contributed by atoms with van der Waals surface area (Å²) in [6, 6.07) is 4.84. The van der Waals surface area contributed by atoms with Crippen LogP contribution in [0, 0.1) is 5.92 Å². The first kappa shape index (κ1) is 13.7. The molecule has 0 aromatic heterocycles. The van der Waals surface area contributed by atoms with Crippen LogP contribution in [0.15, 0.2) is 18.2 Å². The van der Waals surface area contributed by atoms with Gasteiger partial charge in [-0.15, -0.1) is 0 Å². The Morgan fingerprint density at radius 3 is 2.80 bits per heavy atom. The second-order valence-corrected chi connectivity index (χ2v) is 5.83. The number of aliphatic hydroxyl groups is 1. The number of ether oxygens (including phenoxy) is 2. The van der Waals surface area contributed by atoms with Crippen molar-refractivity contribution >= 4 is 0 Å². The first-order valence-corrected chi connectivity index (χ1v) is 7.49. The lowest BCUT2D eigenvalue weighted by molar-refractivity contribution is -0.0537. The van der Waals surface area contributed by atoms with Crippen molar-refractivity contribution in [2.45, 2.75) is 44.3 Å². The van der Waals surface area contributed by atoms with Gasteiger partial charge in [0.25, 0.3) is 0 Å². The van der Waals surface area contributed by atoms with E-state index in [1.54, 1.807) is 18.2 Å². The molecule has 1 fully saturated rings. The van der Waals surface area contributed by atoms with Crippen molar-refractivity contribution in [3.8, 4) is 11.5 Å². The van der Waals surface area contributed by atoms with Crippen LogP contribution in [0.5, 0.6) is 11.5 Å². The molecule has 0 bridgehead atoms. The van der Waals surface area contributed by atoms with E-state index in [1.165, 1.54) is 25.7 Å². The number of aliphatic hydroxyl groups excluding tert-OH is 1. The Morgan fingerprint density at radius 2 is 2.00 bits per heavy atom. The van der Waals surface area contributed by atoms with Gasteiger partial charge in [-0.25, -0.2) is 0 Å². The third-order valence-corrected chi connectivity index (χ3v) is 4.34. The molecular weight excluding hydrogens is 256 g/mol. The standard InChI is InChI=1S/C16H22O4/c17-12-5-6-14-13(9-12)16(18)15(7-8-19-14)20-10-11-3-1-2-4-11/h5-6,9,11,15-18H,1-4,7-8,10H2/t15-,16-/m0/s1. The van der Waals surface area contributed by atoms with Crippen molar-refractivity contribution in [2.24, 2.45) is 5.92 Å². The van der Waals surface area contributed by atoms with Crippen LogP contribution in [0.1, 0.15) is 43.8 Å². The van der Waals surface area contributed by atoms with Gasteiger partial charge >= 0.3 is 0 Å². The highest BCUT2D eigenvalue weighted by molar-refractivity contribution is 5.42. The first-order valence-electron chi connectivity index (χ1n) is 7.49. The minimum atomic E-state index is -0.735. The first-order chi connectivity index (χ1) is 9.74. The van der Waals surface area contributed by atoms with Crippen molar-refractivity contribution in [2.75, 3.05) is 13.2 Å². The number of phenols is 1. The Labute approximate surface area is 119 Å². The molecule has 4 nitrogen and oxygen atoms in total. The lowest BCUT2D eigenvalue weighted by atomic mass is 10.0. The molecule has 110 valence electrons. The average molecular weight is 278 g/mol. The quantitative estimate of drug-likeness (QED) is 0.892. The number of hydrogen-bond acceptors (Lipinski definition) is 4. The van der Waals surface area contributed by atoms with Gasteiger partial charge in [0.1, 0.15) is 17.6 Å². The summed E-state index contributed by atoms with van der Waals surface area (Å²) in [7, 11) is 0. The maximum atomic E-state index is 10.5. The molecule has 2 atom stereocenters. The lowest BCUT2D eigenvalue weighted by Gasteiger charge is -2.23. The highest BCUT2D eigenvalue weighted by Crippen LogP contribution is 2.36. The van der Waals surface area contributed by atoms with E-state index in [1.807, 2.05) is 0 Å². The summed E-state index contributed by atoms with van der Waals surface area (Å²) in [5, 5.41) is 20.1. The van der Waals surface area contributed by atoms with Gasteiger partial charge in [0, 0.05) is 18.6 Å². The number of hydrogen-bond donors (Lipinski definition) is 2. The van der Waals surface area contributed by atoms with Crippen LogP contribution in [0.4, 0.5) is 0 Å². The Balaban J connectivity index is 1.69. The average Bonchev–Trinajstić information content (AvgIpc) is 2.91. The second kappa shape index (κ2) is 6.02. The zero-order chi connectivity index (χ0) is 13.9. The predicted molar refractivity (Wildman–Crippen MR) is 74.9 cm³/mol. The maximum absolute atomic E-state index is 10.5. The number of benzene rings is 1. The molecule has 1 aromatic rings. The third kappa shape index (κ3) is 2.91. The van der Waals surface area contributed by atoms with Gasteiger partial charge in [-0.1, -0.05) is 12.8 Å². The third-order valence-electron chi connectivity index (χ3n) is 4.34. The van der Waals surface area contributed by atoms with Crippen molar-refractivity contribution in [1.82, 2.24) is 0 Å². The van der Waals surface area contributed by atoms with Crippen molar-refractivity contribution in [3.63, 3.8) is 0 Å². The number of rotatable bonds is 3. The Kier molecular flexibility index (Phi) is 4.13.